The maximum atomic E-state index is 13.1. The summed E-state index contributed by atoms with van der Waals surface area (Å²) in [5.41, 5.74) is 0.849. The molecule has 1 unspecified atom stereocenters. The molecule has 5 amide bonds. The SMILES string of the molecule is COc1ccc(C(=O)N2CCC(C(=O)N3CCNCC3)C2)cc1N1CCC(=O)NC1=O. The fourth-order valence-electron chi connectivity index (χ4n) is 4.30. The molecule has 10 heteroatoms. The van der Waals surface area contributed by atoms with Crippen molar-refractivity contribution in [1.82, 2.24) is 20.4 Å². The van der Waals surface area contributed by atoms with Crippen molar-refractivity contribution in [3.8, 4) is 5.75 Å². The molecule has 0 spiro atoms. The predicted octanol–water partition coefficient (Wildman–Crippen LogP) is 0.0354. The quantitative estimate of drug-likeness (QED) is 0.699. The van der Waals surface area contributed by atoms with Crippen LogP contribution in [0, 0.1) is 5.92 Å². The van der Waals surface area contributed by atoms with Crippen LogP contribution in [0.5, 0.6) is 5.75 Å². The summed E-state index contributed by atoms with van der Waals surface area (Å²) in [6.07, 6.45) is 0.823. The number of rotatable bonds is 4. The molecule has 0 saturated carbocycles. The van der Waals surface area contributed by atoms with E-state index in [4.69, 9.17) is 4.74 Å². The molecule has 3 aliphatic rings. The number of piperazine rings is 1. The number of amides is 5. The van der Waals surface area contributed by atoms with Crippen molar-refractivity contribution in [1.29, 1.82) is 0 Å². The molecule has 2 N–H and O–H groups in total. The summed E-state index contributed by atoms with van der Waals surface area (Å²) >= 11 is 0. The number of anilines is 1. The van der Waals surface area contributed by atoms with Gasteiger partial charge in [0.15, 0.2) is 0 Å². The van der Waals surface area contributed by atoms with Crippen molar-refractivity contribution in [3.63, 3.8) is 0 Å². The average molecular weight is 429 g/mol. The number of hydrogen-bond acceptors (Lipinski definition) is 6. The molecule has 0 bridgehead atoms. The number of benzene rings is 1. The van der Waals surface area contributed by atoms with Crippen LogP contribution in [-0.4, -0.2) is 86.5 Å². The van der Waals surface area contributed by atoms with Gasteiger partial charge in [0.05, 0.1) is 18.7 Å². The largest absolute Gasteiger partial charge is 0.495 e. The molecule has 3 heterocycles. The number of carbonyl (C=O) groups is 4. The molecule has 4 rings (SSSR count). The zero-order valence-electron chi connectivity index (χ0n) is 17.6. The molecule has 31 heavy (non-hydrogen) atoms. The molecule has 3 fully saturated rings. The first-order valence-corrected chi connectivity index (χ1v) is 10.6. The highest BCUT2D eigenvalue weighted by molar-refractivity contribution is 6.07. The number of likely N-dealkylation sites (tertiary alicyclic amines) is 1. The van der Waals surface area contributed by atoms with Crippen LogP contribution < -0.4 is 20.3 Å². The van der Waals surface area contributed by atoms with Gasteiger partial charge in [0.25, 0.3) is 5.91 Å². The van der Waals surface area contributed by atoms with E-state index in [-0.39, 0.29) is 36.6 Å². The first-order chi connectivity index (χ1) is 15.0. The molecule has 1 atom stereocenters. The van der Waals surface area contributed by atoms with Crippen molar-refractivity contribution in [2.45, 2.75) is 12.8 Å². The highest BCUT2D eigenvalue weighted by Gasteiger charge is 2.35. The summed E-state index contributed by atoms with van der Waals surface area (Å²) < 4.78 is 5.36. The van der Waals surface area contributed by atoms with Crippen LogP contribution in [0.2, 0.25) is 0 Å². The third-order valence-electron chi connectivity index (χ3n) is 6.02. The lowest BCUT2D eigenvalue weighted by Crippen LogP contribution is -2.49. The van der Waals surface area contributed by atoms with Crippen molar-refractivity contribution in [2.75, 3.05) is 57.8 Å². The number of nitrogens with one attached hydrogen (secondary N) is 2. The molecule has 1 aromatic carbocycles. The lowest BCUT2D eigenvalue weighted by molar-refractivity contribution is -0.135. The Morgan fingerprint density at radius 2 is 1.84 bits per heavy atom. The maximum absolute atomic E-state index is 13.1. The Morgan fingerprint density at radius 1 is 1.06 bits per heavy atom. The number of methoxy groups -OCH3 is 1. The van der Waals surface area contributed by atoms with Crippen molar-refractivity contribution in [2.24, 2.45) is 5.92 Å². The molecule has 3 saturated heterocycles. The van der Waals surface area contributed by atoms with Gasteiger partial charge in [-0.25, -0.2) is 4.79 Å². The van der Waals surface area contributed by atoms with E-state index in [0.717, 1.165) is 13.1 Å². The van der Waals surface area contributed by atoms with Gasteiger partial charge in [-0.15, -0.1) is 0 Å². The summed E-state index contributed by atoms with van der Waals surface area (Å²) in [5, 5.41) is 5.52. The van der Waals surface area contributed by atoms with Gasteiger partial charge in [-0.1, -0.05) is 0 Å². The Bertz CT molecular complexity index is 898. The second kappa shape index (κ2) is 8.93. The Labute approximate surface area is 180 Å². The van der Waals surface area contributed by atoms with Gasteiger partial charge in [0.2, 0.25) is 11.8 Å². The summed E-state index contributed by atoms with van der Waals surface area (Å²) in [5.74, 6) is -0.146. The van der Waals surface area contributed by atoms with Gasteiger partial charge >= 0.3 is 6.03 Å². The molecular formula is C21H27N5O5. The topological polar surface area (TPSA) is 111 Å². The zero-order valence-corrected chi connectivity index (χ0v) is 17.6. The molecule has 166 valence electrons. The van der Waals surface area contributed by atoms with Crippen LogP contribution >= 0.6 is 0 Å². The van der Waals surface area contributed by atoms with E-state index in [2.05, 4.69) is 10.6 Å². The first-order valence-electron chi connectivity index (χ1n) is 10.6. The smallest absolute Gasteiger partial charge is 0.328 e. The van der Waals surface area contributed by atoms with E-state index in [0.29, 0.717) is 49.6 Å². The van der Waals surface area contributed by atoms with Crippen molar-refractivity contribution in [3.05, 3.63) is 23.8 Å². The Hall–Kier alpha value is -3.14. The van der Waals surface area contributed by atoms with Crippen LogP contribution in [0.1, 0.15) is 23.2 Å². The molecule has 3 aliphatic heterocycles. The van der Waals surface area contributed by atoms with Crippen LogP contribution in [0.25, 0.3) is 0 Å². The van der Waals surface area contributed by atoms with E-state index < -0.39 is 6.03 Å². The van der Waals surface area contributed by atoms with Crippen LogP contribution in [0.15, 0.2) is 18.2 Å². The standard InChI is InChI=1S/C21H27N5O5/c1-31-17-3-2-14(12-16(17)26-9-5-18(27)23-21(26)30)19(28)25-8-4-15(13-25)20(29)24-10-6-22-7-11-24/h2-3,12,15,22H,4-11,13H2,1H3,(H,23,27,30). The summed E-state index contributed by atoms with van der Waals surface area (Å²) in [6.45, 7) is 4.11. The highest BCUT2D eigenvalue weighted by atomic mass is 16.5. The fraction of sp³-hybridized carbons (Fsp3) is 0.524. The van der Waals surface area contributed by atoms with E-state index in [9.17, 15) is 19.2 Å². The minimum absolute atomic E-state index is 0.113. The third-order valence-corrected chi connectivity index (χ3v) is 6.02. The average Bonchev–Trinajstić information content (AvgIpc) is 3.28. The molecule has 0 aromatic heterocycles. The monoisotopic (exact) mass is 429 g/mol. The van der Waals surface area contributed by atoms with Crippen LogP contribution in [0.4, 0.5) is 10.5 Å². The maximum Gasteiger partial charge on any atom is 0.328 e. The van der Waals surface area contributed by atoms with Gasteiger partial charge in [0, 0.05) is 57.8 Å². The summed E-state index contributed by atoms with van der Waals surface area (Å²) in [7, 11) is 1.49. The second-order valence-electron chi connectivity index (χ2n) is 7.95. The molecule has 10 nitrogen and oxygen atoms in total. The van der Waals surface area contributed by atoms with Gasteiger partial charge in [-0.2, -0.15) is 0 Å². The van der Waals surface area contributed by atoms with E-state index in [1.54, 1.807) is 23.1 Å². The van der Waals surface area contributed by atoms with Crippen molar-refractivity contribution < 1.29 is 23.9 Å². The second-order valence-corrected chi connectivity index (χ2v) is 7.95. The Balaban J connectivity index is 1.48. The van der Waals surface area contributed by atoms with Gasteiger partial charge < -0.3 is 19.9 Å². The summed E-state index contributed by atoms with van der Waals surface area (Å²) in [4.78, 5) is 54.6. The number of imide groups is 1. The first kappa shape index (κ1) is 21.1. The lowest BCUT2D eigenvalue weighted by Gasteiger charge is -2.30. The minimum Gasteiger partial charge on any atom is -0.495 e. The zero-order chi connectivity index (χ0) is 22.0. The molecule has 1 aromatic rings. The number of nitrogens with zero attached hydrogens (tertiary/aromatic N) is 3. The number of ether oxygens (including phenoxy) is 1. The van der Waals surface area contributed by atoms with E-state index >= 15 is 0 Å². The van der Waals surface area contributed by atoms with E-state index in [1.165, 1.54) is 12.0 Å². The number of urea groups is 1. The molecular weight excluding hydrogens is 402 g/mol. The van der Waals surface area contributed by atoms with Crippen molar-refractivity contribution >= 4 is 29.4 Å². The molecule has 0 radical (unpaired) electrons. The van der Waals surface area contributed by atoms with E-state index in [1.807, 2.05) is 4.90 Å². The van der Waals surface area contributed by atoms with Gasteiger partial charge in [-0.3, -0.25) is 24.6 Å². The highest BCUT2D eigenvalue weighted by Crippen LogP contribution is 2.32. The predicted molar refractivity (Wildman–Crippen MR) is 112 cm³/mol. The van der Waals surface area contributed by atoms with Crippen LogP contribution in [-0.2, 0) is 9.59 Å². The molecule has 0 aliphatic carbocycles. The lowest BCUT2D eigenvalue weighted by atomic mass is 10.1. The number of carbonyl (C=O) groups excluding carboxylic acids is 4. The number of hydrogen-bond donors (Lipinski definition) is 2. The third kappa shape index (κ3) is 4.34. The van der Waals surface area contributed by atoms with Gasteiger partial charge in [-0.05, 0) is 24.6 Å². The normalized spacial score (nSPS) is 21.8. The Kier molecular flexibility index (Phi) is 6.08. The Morgan fingerprint density at radius 3 is 2.55 bits per heavy atom. The minimum atomic E-state index is -0.540. The van der Waals surface area contributed by atoms with Gasteiger partial charge in [0.1, 0.15) is 5.75 Å². The summed E-state index contributed by atoms with van der Waals surface area (Å²) in [6, 6.07) is 4.37. The van der Waals surface area contributed by atoms with Crippen LogP contribution in [0.3, 0.4) is 0 Å². The fourth-order valence-corrected chi connectivity index (χ4v) is 4.30.